The third-order valence-corrected chi connectivity index (χ3v) is 5.23. The molecule has 0 saturated carbocycles. The second-order valence-corrected chi connectivity index (χ2v) is 7.46. The fourth-order valence-corrected chi connectivity index (χ4v) is 4.05. The van der Waals surface area contributed by atoms with Crippen LogP contribution in [0.15, 0.2) is 42.5 Å². The zero-order valence-corrected chi connectivity index (χ0v) is 16.4. The highest BCUT2D eigenvalue weighted by Gasteiger charge is 2.20. The van der Waals surface area contributed by atoms with Gasteiger partial charge in [-0.3, -0.25) is 4.79 Å². The molecule has 2 aromatic carbocycles. The van der Waals surface area contributed by atoms with Crippen LogP contribution in [0.1, 0.15) is 34.6 Å². The highest BCUT2D eigenvalue weighted by atomic mass is 32.1. The van der Waals surface area contributed by atoms with Crippen LogP contribution in [0.3, 0.4) is 0 Å². The van der Waals surface area contributed by atoms with E-state index in [0.29, 0.717) is 22.4 Å². The number of hydrogen-bond acceptors (Lipinski definition) is 4. The number of para-hydroxylation sites is 1. The Labute approximate surface area is 161 Å². The van der Waals surface area contributed by atoms with Crippen LogP contribution in [0.25, 0.3) is 10.1 Å². The summed E-state index contributed by atoms with van der Waals surface area (Å²) < 4.78 is 26.0. The van der Waals surface area contributed by atoms with Crippen molar-refractivity contribution in [2.75, 3.05) is 7.11 Å². The van der Waals surface area contributed by atoms with Gasteiger partial charge in [-0.25, -0.2) is 4.39 Å². The average Bonchev–Trinajstić information content (AvgIpc) is 3.01. The third kappa shape index (κ3) is 4.28. The topological polar surface area (TPSA) is 47.6 Å². The molecular formula is C21H22FNO3S. The monoisotopic (exact) mass is 387 g/mol. The van der Waals surface area contributed by atoms with Crippen LogP contribution in [0.4, 0.5) is 4.39 Å². The molecule has 0 spiro atoms. The summed E-state index contributed by atoms with van der Waals surface area (Å²) in [7, 11) is 1.53. The number of rotatable bonds is 7. The Balaban J connectivity index is 1.85. The van der Waals surface area contributed by atoms with Gasteiger partial charge in [-0.1, -0.05) is 24.3 Å². The summed E-state index contributed by atoms with van der Waals surface area (Å²) in [4.78, 5) is 13.3. The Kier molecular flexibility index (Phi) is 6.08. The molecule has 0 fully saturated rings. The number of benzene rings is 2. The number of nitrogens with one attached hydrogen (secondary N) is 1. The van der Waals surface area contributed by atoms with Gasteiger partial charge in [-0.2, -0.15) is 0 Å². The first-order valence-electron chi connectivity index (χ1n) is 8.72. The van der Waals surface area contributed by atoms with Crippen LogP contribution in [-0.4, -0.2) is 19.1 Å². The van der Waals surface area contributed by atoms with E-state index < -0.39 is 0 Å². The summed E-state index contributed by atoms with van der Waals surface area (Å²) in [6.07, 6.45) is 0.0423. The molecule has 1 N–H and O–H groups in total. The minimum Gasteiger partial charge on any atom is -0.491 e. The maximum atomic E-state index is 14.3. The van der Waals surface area contributed by atoms with E-state index in [-0.39, 0.29) is 24.4 Å². The molecule has 1 heterocycles. The van der Waals surface area contributed by atoms with Crippen molar-refractivity contribution in [1.29, 1.82) is 0 Å². The zero-order valence-electron chi connectivity index (χ0n) is 15.5. The predicted molar refractivity (Wildman–Crippen MR) is 106 cm³/mol. The lowest BCUT2D eigenvalue weighted by Crippen LogP contribution is -2.23. The number of amides is 1. The first-order chi connectivity index (χ1) is 13.0. The van der Waals surface area contributed by atoms with E-state index >= 15 is 0 Å². The Morgan fingerprint density at radius 3 is 2.70 bits per heavy atom. The number of ether oxygens (including phenoxy) is 2. The number of carbonyl (C=O) groups is 1. The van der Waals surface area contributed by atoms with Crippen molar-refractivity contribution in [2.24, 2.45) is 0 Å². The first-order valence-corrected chi connectivity index (χ1v) is 9.54. The fraction of sp³-hybridized carbons (Fsp3) is 0.286. The van der Waals surface area contributed by atoms with E-state index in [2.05, 4.69) is 5.32 Å². The van der Waals surface area contributed by atoms with E-state index in [1.165, 1.54) is 24.5 Å². The molecule has 142 valence electrons. The molecule has 3 aromatic rings. The molecule has 0 aliphatic heterocycles. The van der Waals surface area contributed by atoms with E-state index in [1.54, 1.807) is 6.07 Å². The largest absolute Gasteiger partial charge is 0.491 e. The quantitative estimate of drug-likeness (QED) is 0.627. The molecule has 1 amide bonds. The molecule has 0 radical (unpaired) electrons. The molecule has 0 unspecified atom stereocenters. The molecule has 0 aliphatic carbocycles. The van der Waals surface area contributed by atoms with Gasteiger partial charge in [0.05, 0.1) is 17.6 Å². The molecule has 6 heteroatoms. The summed E-state index contributed by atoms with van der Waals surface area (Å²) in [5.74, 6) is 0.153. The van der Waals surface area contributed by atoms with Crippen LogP contribution >= 0.6 is 11.3 Å². The maximum Gasteiger partial charge on any atom is 0.262 e. The highest BCUT2D eigenvalue weighted by molar-refractivity contribution is 7.21. The lowest BCUT2D eigenvalue weighted by Gasteiger charge is -2.14. The summed E-state index contributed by atoms with van der Waals surface area (Å²) in [6.45, 7) is 4.41. The standard InChI is InChI=1S/C21H22FNO3S/c1-13(2)26-17-9-5-4-7-14(17)11-23-21(24)20-15(12-25-3)19-16(22)8-6-10-18(19)27-20/h4-10,13H,11-12H2,1-3H3,(H,23,24). The van der Waals surface area contributed by atoms with Crippen LogP contribution in [0.2, 0.25) is 0 Å². The van der Waals surface area contributed by atoms with Crippen molar-refractivity contribution >= 4 is 27.3 Å². The number of hydrogen-bond donors (Lipinski definition) is 1. The molecule has 3 rings (SSSR count). The van der Waals surface area contributed by atoms with Crippen molar-refractivity contribution in [1.82, 2.24) is 5.32 Å². The van der Waals surface area contributed by atoms with Gasteiger partial charge in [0.2, 0.25) is 0 Å². The van der Waals surface area contributed by atoms with E-state index in [9.17, 15) is 9.18 Å². The fourth-order valence-electron chi connectivity index (χ4n) is 2.91. The maximum absolute atomic E-state index is 14.3. The molecule has 0 saturated heterocycles. The van der Waals surface area contributed by atoms with Gasteiger partial charge in [-0.15, -0.1) is 11.3 Å². The highest BCUT2D eigenvalue weighted by Crippen LogP contribution is 2.34. The van der Waals surface area contributed by atoms with E-state index in [4.69, 9.17) is 9.47 Å². The number of carbonyl (C=O) groups excluding carboxylic acids is 1. The lowest BCUT2D eigenvalue weighted by molar-refractivity contribution is 0.0950. The summed E-state index contributed by atoms with van der Waals surface area (Å²) >= 11 is 1.27. The van der Waals surface area contributed by atoms with Crippen LogP contribution < -0.4 is 10.1 Å². The lowest BCUT2D eigenvalue weighted by atomic mass is 10.1. The van der Waals surface area contributed by atoms with Crippen molar-refractivity contribution in [2.45, 2.75) is 33.1 Å². The minimum absolute atomic E-state index is 0.0423. The van der Waals surface area contributed by atoms with Crippen molar-refractivity contribution < 1.29 is 18.7 Å². The smallest absolute Gasteiger partial charge is 0.262 e. The zero-order chi connectivity index (χ0) is 19.4. The van der Waals surface area contributed by atoms with Crippen molar-refractivity contribution in [3.63, 3.8) is 0 Å². The minimum atomic E-state index is -0.342. The molecule has 0 atom stereocenters. The Bertz CT molecular complexity index is 952. The van der Waals surface area contributed by atoms with Crippen LogP contribution in [0, 0.1) is 5.82 Å². The summed E-state index contributed by atoms with van der Waals surface area (Å²) in [5, 5.41) is 3.38. The third-order valence-electron chi connectivity index (χ3n) is 4.03. The number of thiophene rings is 1. The second kappa shape index (κ2) is 8.50. The Morgan fingerprint density at radius 1 is 1.19 bits per heavy atom. The Morgan fingerprint density at radius 2 is 1.96 bits per heavy atom. The molecule has 0 bridgehead atoms. The average molecular weight is 387 g/mol. The van der Waals surface area contributed by atoms with Gasteiger partial charge in [0.15, 0.2) is 0 Å². The van der Waals surface area contributed by atoms with Gasteiger partial charge in [0.1, 0.15) is 11.6 Å². The summed E-state index contributed by atoms with van der Waals surface area (Å²) in [6, 6.07) is 12.5. The molecule has 1 aromatic heterocycles. The molecule has 4 nitrogen and oxygen atoms in total. The van der Waals surface area contributed by atoms with Gasteiger partial charge in [-0.05, 0) is 32.0 Å². The van der Waals surface area contributed by atoms with Crippen LogP contribution in [-0.2, 0) is 17.9 Å². The van der Waals surface area contributed by atoms with Gasteiger partial charge in [0.25, 0.3) is 5.91 Å². The molecule has 0 aliphatic rings. The van der Waals surface area contributed by atoms with Crippen molar-refractivity contribution in [3.05, 3.63) is 64.3 Å². The van der Waals surface area contributed by atoms with Gasteiger partial charge < -0.3 is 14.8 Å². The van der Waals surface area contributed by atoms with Gasteiger partial charge >= 0.3 is 0 Å². The summed E-state index contributed by atoms with van der Waals surface area (Å²) in [5.41, 5.74) is 1.47. The normalized spacial score (nSPS) is 11.1. The van der Waals surface area contributed by atoms with Crippen LogP contribution in [0.5, 0.6) is 5.75 Å². The van der Waals surface area contributed by atoms with Crippen molar-refractivity contribution in [3.8, 4) is 5.75 Å². The second-order valence-electron chi connectivity index (χ2n) is 6.41. The molecule has 27 heavy (non-hydrogen) atoms. The van der Waals surface area contributed by atoms with E-state index in [0.717, 1.165) is 16.0 Å². The number of methoxy groups -OCH3 is 1. The van der Waals surface area contributed by atoms with Gasteiger partial charge in [0, 0.05) is 34.9 Å². The molecular weight excluding hydrogens is 365 g/mol. The number of halogens is 1. The number of fused-ring (bicyclic) bond motifs is 1. The Hall–Kier alpha value is -2.44. The predicted octanol–water partition coefficient (Wildman–Crippen LogP) is 4.90. The first kappa shape index (κ1) is 19.3. The SMILES string of the molecule is COCc1c(C(=O)NCc2ccccc2OC(C)C)sc2cccc(F)c12. The van der Waals surface area contributed by atoms with E-state index in [1.807, 2.05) is 44.2 Å².